The highest BCUT2D eigenvalue weighted by Crippen LogP contribution is 2.14. The minimum absolute atomic E-state index is 0.147. The van der Waals surface area contributed by atoms with Crippen molar-refractivity contribution in [1.82, 2.24) is 5.32 Å². The standard InChI is InChI=1S/C13H26N2O3/c1-5-18-13(17)10(4)15-12(16)7-11(8-14)6-9(2)3/h9-11H,5-8,14H2,1-4H3,(H,15,16)/t10?,11-/m0/s1. The molecule has 106 valence electrons. The van der Waals surface area contributed by atoms with Gasteiger partial charge >= 0.3 is 5.97 Å². The molecule has 0 rings (SSSR count). The van der Waals surface area contributed by atoms with E-state index in [1.54, 1.807) is 13.8 Å². The molecular weight excluding hydrogens is 232 g/mol. The molecule has 0 aromatic rings. The first-order valence-electron chi connectivity index (χ1n) is 6.56. The molecule has 0 saturated heterocycles. The zero-order chi connectivity index (χ0) is 14.1. The van der Waals surface area contributed by atoms with Crippen molar-refractivity contribution in [2.75, 3.05) is 13.2 Å². The predicted molar refractivity (Wildman–Crippen MR) is 70.9 cm³/mol. The van der Waals surface area contributed by atoms with E-state index in [1.165, 1.54) is 0 Å². The number of ether oxygens (including phenoxy) is 1. The van der Waals surface area contributed by atoms with Crippen LogP contribution in [-0.2, 0) is 14.3 Å². The lowest BCUT2D eigenvalue weighted by atomic mass is 9.94. The summed E-state index contributed by atoms with van der Waals surface area (Å²) in [6, 6.07) is -0.602. The normalized spacial score (nSPS) is 14.1. The van der Waals surface area contributed by atoms with Crippen LogP contribution >= 0.6 is 0 Å². The second kappa shape index (κ2) is 8.91. The Morgan fingerprint density at radius 1 is 1.28 bits per heavy atom. The molecule has 0 aliphatic carbocycles. The average molecular weight is 258 g/mol. The molecule has 2 atom stereocenters. The highest BCUT2D eigenvalue weighted by atomic mass is 16.5. The number of hydrogen-bond donors (Lipinski definition) is 2. The smallest absolute Gasteiger partial charge is 0.328 e. The molecule has 5 heteroatoms. The summed E-state index contributed by atoms with van der Waals surface area (Å²) in [6.45, 7) is 8.36. The maximum absolute atomic E-state index is 11.7. The summed E-state index contributed by atoms with van der Waals surface area (Å²) in [6.07, 6.45) is 1.27. The third kappa shape index (κ3) is 7.27. The fourth-order valence-corrected chi connectivity index (χ4v) is 1.82. The summed E-state index contributed by atoms with van der Waals surface area (Å²) >= 11 is 0. The first-order chi connectivity index (χ1) is 8.40. The fourth-order valence-electron chi connectivity index (χ4n) is 1.82. The molecular formula is C13H26N2O3. The molecule has 1 unspecified atom stereocenters. The summed E-state index contributed by atoms with van der Waals surface area (Å²) in [4.78, 5) is 23.1. The summed E-state index contributed by atoms with van der Waals surface area (Å²) in [5.41, 5.74) is 5.64. The van der Waals surface area contributed by atoms with E-state index in [0.717, 1.165) is 6.42 Å². The van der Waals surface area contributed by atoms with Crippen LogP contribution in [0.15, 0.2) is 0 Å². The Hall–Kier alpha value is -1.10. The maximum Gasteiger partial charge on any atom is 0.328 e. The molecule has 0 heterocycles. The van der Waals surface area contributed by atoms with E-state index >= 15 is 0 Å². The van der Waals surface area contributed by atoms with Crippen LogP contribution in [0.25, 0.3) is 0 Å². The van der Waals surface area contributed by atoms with Crippen LogP contribution < -0.4 is 11.1 Å². The van der Waals surface area contributed by atoms with Gasteiger partial charge in [0.1, 0.15) is 6.04 Å². The van der Waals surface area contributed by atoms with Gasteiger partial charge in [0.25, 0.3) is 0 Å². The molecule has 0 fully saturated rings. The van der Waals surface area contributed by atoms with Crippen LogP contribution in [0.3, 0.4) is 0 Å². The van der Waals surface area contributed by atoms with E-state index in [9.17, 15) is 9.59 Å². The number of nitrogens with one attached hydrogen (secondary N) is 1. The van der Waals surface area contributed by atoms with E-state index in [2.05, 4.69) is 19.2 Å². The summed E-state index contributed by atoms with van der Waals surface area (Å²) < 4.78 is 4.82. The average Bonchev–Trinajstić information content (AvgIpc) is 2.27. The molecule has 18 heavy (non-hydrogen) atoms. The van der Waals surface area contributed by atoms with E-state index in [1.807, 2.05) is 0 Å². The highest BCUT2D eigenvalue weighted by molar-refractivity contribution is 5.84. The fraction of sp³-hybridized carbons (Fsp3) is 0.846. The van der Waals surface area contributed by atoms with Gasteiger partial charge in [0.2, 0.25) is 5.91 Å². The molecule has 1 amide bonds. The number of carbonyl (C=O) groups excluding carboxylic acids is 2. The van der Waals surface area contributed by atoms with E-state index in [-0.39, 0.29) is 11.8 Å². The van der Waals surface area contributed by atoms with Crippen molar-refractivity contribution >= 4 is 11.9 Å². The van der Waals surface area contributed by atoms with Gasteiger partial charge in [-0.1, -0.05) is 13.8 Å². The van der Waals surface area contributed by atoms with Crippen molar-refractivity contribution in [3.05, 3.63) is 0 Å². The van der Waals surface area contributed by atoms with Gasteiger partial charge in [-0.25, -0.2) is 4.79 Å². The number of hydrogen-bond acceptors (Lipinski definition) is 4. The summed E-state index contributed by atoms with van der Waals surface area (Å²) in [5, 5.41) is 2.63. The summed E-state index contributed by atoms with van der Waals surface area (Å²) in [5.74, 6) is 0.124. The zero-order valence-corrected chi connectivity index (χ0v) is 11.9. The highest BCUT2D eigenvalue weighted by Gasteiger charge is 2.19. The van der Waals surface area contributed by atoms with Crippen molar-refractivity contribution in [3.8, 4) is 0 Å². The lowest BCUT2D eigenvalue weighted by Crippen LogP contribution is -2.40. The van der Waals surface area contributed by atoms with Gasteiger partial charge in [-0.05, 0) is 38.6 Å². The van der Waals surface area contributed by atoms with Gasteiger partial charge in [-0.15, -0.1) is 0 Å². The van der Waals surface area contributed by atoms with Gasteiger partial charge < -0.3 is 15.8 Å². The van der Waals surface area contributed by atoms with Gasteiger partial charge in [-0.3, -0.25) is 4.79 Å². The Morgan fingerprint density at radius 3 is 2.33 bits per heavy atom. The molecule has 0 spiro atoms. The Bertz CT molecular complexity index is 267. The first-order valence-corrected chi connectivity index (χ1v) is 6.56. The first kappa shape index (κ1) is 16.9. The molecule has 5 nitrogen and oxygen atoms in total. The van der Waals surface area contributed by atoms with Crippen LogP contribution in [0.1, 0.15) is 40.5 Å². The van der Waals surface area contributed by atoms with Crippen LogP contribution in [0.2, 0.25) is 0 Å². The van der Waals surface area contributed by atoms with Crippen LogP contribution in [0.4, 0.5) is 0 Å². The van der Waals surface area contributed by atoms with Gasteiger partial charge in [-0.2, -0.15) is 0 Å². The van der Waals surface area contributed by atoms with E-state index in [4.69, 9.17) is 10.5 Å². The maximum atomic E-state index is 11.7. The topological polar surface area (TPSA) is 81.4 Å². The minimum atomic E-state index is -0.602. The molecule has 3 N–H and O–H groups in total. The SMILES string of the molecule is CCOC(=O)C(C)NC(=O)C[C@@H](CN)CC(C)C. The van der Waals surface area contributed by atoms with Crippen LogP contribution in [0.5, 0.6) is 0 Å². The number of esters is 1. The van der Waals surface area contributed by atoms with E-state index in [0.29, 0.717) is 25.5 Å². The number of carbonyl (C=O) groups is 2. The third-order valence-corrected chi connectivity index (χ3v) is 2.63. The molecule has 0 aliphatic heterocycles. The lowest BCUT2D eigenvalue weighted by Gasteiger charge is -2.18. The lowest BCUT2D eigenvalue weighted by molar-refractivity contribution is -0.147. The van der Waals surface area contributed by atoms with Gasteiger partial charge in [0, 0.05) is 6.42 Å². The quantitative estimate of drug-likeness (QED) is 0.638. The molecule has 0 aliphatic rings. The van der Waals surface area contributed by atoms with Gasteiger partial charge in [0.15, 0.2) is 0 Å². The molecule has 0 saturated carbocycles. The monoisotopic (exact) mass is 258 g/mol. The number of nitrogens with two attached hydrogens (primary N) is 1. The van der Waals surface area contributed by atoms with Crippen molar-refractivity contribution in [1.29, 1.82) is 0 Å². The molecule has 0 bridgehead atoms. The van der Waals surface area contributed by atoms with Crippen molar-refractivity contribution in [2.45, 2.75) is 46.6 Å². The second-order valence-electron chi connectivity index (χ2n) is 4.98. The van der Waals surface area contributed by atoms with Crippen LogP contribution in [0, 0.1) is 11.8 Å². The summed E-state index contributed by atoms with van der Waals surface area (Å²) in [7, 11) is 0. The number of rotatable bonds is 8. The van der Waals surface area contributed by atoms with Crippen molar-refractivity contribution in [2.24, 2.45) is 17.6 Å². The van der Waals surface area contributed by atoms with E-state index < -0.39 is 12.0 Å². The Balaban J connectivity index is 4.11. The zero-order valence-electron chi connectivity index (χ0n) is 11.9. The van der Waals surface area contributed by atoms with Gasteiger partial charge in [0.05, 0.1) is 6.61 Å². The van der Waals surface area contributed by atoms with Crippen molar-refractivity contribution < 1.29 is 14.3 Å². The Kier molecular flexibility index (Phi) is 8.37. The Labute approximate surface area is 109 Å². The largest absolute Gasteiger partial charge is 0.464 e. The number of amides is 1. The predicted octanol–water partition coefficient (Wildman–Crippen LogP) is 1.07. The molecule has 0 aromatic heterocycles. The molecule has 0 radical (unpaired) electrons. The molecule has 0 aromatic carbocycles. The third-order valence-electron chi connectivity index (χ3n) is 2.63. The Morgan fingerprint density at radius 2 is 1.89 bits per heavy atom. The van der Waals surface area contributed by atoms with Crippen LogP contribution in [-0.4, -0.2) is 31.1 Å². The van der Waals surface area contributed by atoms with Crippen molar-refractivity contribution in [3.63, 3.8) is 0 Å². The minimum Gasteiger partial charge on any atom is -0.464 e. The second-order valence-corrected chi connectivity index (χ2v) is 4.98.